The molecule has 1 saturated heterocycles. The van der Waals surface area contributed by atoms with Gasteiger partial charge in [-0.25, -0.2) is 12.7 Å². The summed E-state index contributed by atoms with van der Waals surface area (Å²) in [6, 6.07) is 13.8. The molecule has 0 spiro atoms. The van der Waals surface area contributed by atoms with Gasteiger partial charge in [-0.1, -0.05) is 36.4 Å². The summed E-state index contributed by atoms with van der Waals surface area (Å²) >= 11 is 0. The van der Waals surface area contributed by atoms with Crippen molar-refractivity contribution in [3.8, 4) is 5.75 Å². The molecule has 1 aliphatic rings. The molecule has 1 unspecified atom stereocenters. The first-order chi connectivity index (χ1) is 12.9. The number of carbonyl (C=O) groups is 2. The van der Waals surface area contributed by atoms with Crippen LogP contribution in [0.2, 0.25) is 0 Å². The van der Waals surface area contributed by atoms with Crippen LogP contribution in [-0.2, 0) is 26.2 Å². The van der Waals surface area contributed by atoms with Gasteiger partial charge >= 0.3 is 0 Å². The van der Waals surface area contributed by atoms with Gasteiger partial charge in [-0.3, -0.25) is 9.59 Å². The number of carbonyl (C=O) groups excluding carboxylic acids is 2. The van der Waals surface area contributed by atoms with Crippen molar-refractivity contribution >= 4 is 21.8 Å². The number of para-hydroxylation sites is 1. The van der Waals surface area contributed by atoms with Crippen LogP contribution in [0.1, 0.15) is 18.4 Å². The minimum Gasteiger partial charge on any atom is -0.496 e. The standard InChI is InChI=1S/C19H20N2O5S/c1-26-17-10-6-5-7-14(17)13-20-19(23)16-11-12-18(22)21(16)27(24,25)15-8-3-2-4-9-15/h2-10,16H,11-13H2,1H3,(H,20,23). The molecule has 0 aromatic heterocycles. The number of hydrogen-bond donors (Lipinski definition) is 1. The zero-order valence-corrected chi connectivity index (χ0v) is 15.6. The highest BCUT2D eigenvalue weighted by atomic mass is 32.2. The number of ether oxygens (including phenoxy) is 1. The molecule has 7 nitrogen and oxygen atoms in total. The Balaban J connectivity index is 1.79. The molecule has 1 atom stereocenters. The first-order valence-electron chi connectivity index (χ1n) is 8.47. The Bertz CT molecular complexity index is 944. The fourth-order valence-corrected chi connectivity index (χ4v) is 4.68. The van der Waals surface area contributed by atoms with Crippen molar-refractivity contribution in [3.63, 3.8) is 0 Å². The van der Waals surface area contributed by atoms with E-state index in [1.54, 1.807) is 30.3 Å². The van der Waals surface area contributed by atoms with Gasteiger partial charge in [0.2, 0.25) is 11.8 Å². The molecule has 2 aromatic rings. The van der Waals surface area contributed by atoms with Gasteiger partial charge in [0, 0.05) is 18.5 Å². The molecule has 0 radical (unpaired) electrons. The van der Waals surface area contributed by atoms with E-state index in [0.29, 0.717) is 10.1 Å². The molecular weight excluding hydrogens is 368 g/mol. The Kier molecular flexibility index (Phi) is 5.46. The van der Waals surface area contributed by atoms with E-state index in [9.17, 15) is 18.0 Å². The van der Waals surface area contributed by atoms with E-state index in [1.807, 2.05) is 12.1 Å². The van der Waals surface area contributed by atoms with Gasteiger partial charge in [-0.15, -0.1) is 0 Å². The molecule has 0 aliphatic carbocycles. The molecule has 0 saturated carbocycles. The maximum atomic E-state index is 12.8. The van der Waals surface area contributed by atoms with Crippen LogP contribution < -0.4 is 10.1 Å². The molecule has 142 valence electrons. The van der Waals surface area contributed by atoms with E-state index in [1.165, 1.54) is 19.2 Å². The van der Waals surface area contributed by atoms with Crippen LogP contribution >= 0.6 is 0 Å². The lowest BCUT2D eigenvalue weighted by molar-refractivity contribution is -0.130. The molecule has 1 aliphatic heterocycles. The average Bonchev–Trinajstić information content (AvgIpc) is 3.09. The van der Waals surface area contributed by atoms with Crippen LogP contribution in [0.5, 0.6) is 5.75 Å². The van der Waals surface area contributed by atoms with Gasteiger partial charge in [0.05, 0.1) is 12.0 Å². The van der Waals surface area contributed by atoms with E-state index in [2.05, 4.69) is 5.32 Å². The molecule has 1 fully saturated rings. The van der Waals surface area contributed by atoms with Crippen LogP contribution in [0, 0.1) is 0 Å². The zero-order valence-electron chi connectivity index (χ0n) is 14.8. The predicted molar refractivity (Wildman–Crippen MR) is 98.3 cm³/mol. The van der Waals surface area contributed by atoms with E-state index < -0.39 is 27.9 Å². The number of amides is 2. The van der Waals surface area contributed by atoms with Crippen molar-refractivity contribution in [3.05, 3.63) is 60.2 Å². The highest BCUT2D eigenvalue weighted by Crippen LogP contribution is 2.27. The maximum Gasteiger partial charge on any atom is 0.267 e. The molecule has 8 heteroatoms. The second-order valence-electron chi connectivity index (χ2n) is 6.09. The maximum absolute atomic E-state index is 12.8. The highest BCUT2D eigenvalue weighted by molar-refractivity contribution is 7.89. The van der Waals surface area contributed by atoms with E-state index >= 15 is 0 Å². The normalized spacial score (nSPS) is 17.0. The number of methoxy groups -OCH3 is 1. The lowest BCUT2D eigenvalue weighted by Gasteiger charge is -2.23. The highest BCUT2D eigenvalue weighted by Gasteiger charge is 2.44. The number of nitrogens with one attached hydrogen (secondary N) is 1. The summed E-state index contributed by atoms with van der Waals surface area (Å²) < 4.78 is 31.6. The third-order valence-corrected chi connectivity index (χ3v) is 6.25. The summed E-state index contributed by atoms with van der Waals surface area (Å²) in [5, 5.41) is 2.71. The second kappa shape index (κ2) is 7.79. The Morgan fingerprint density at radius 2 is 1.81 bits per heavy atom. The Morgan fingerprint density at radius 1 is 1.15 bits per heavy atom. The van der Waals surface area contributed by atoms with Gasteiger partial charge in [0.15, 0.2) is 0 Å². The number of nitrogens with zero attached hydrogens (tertiary/aromatic N) is 1. The third kappa shape index (κ3) is 3.80. The number of rotatable bonds is 6. The molecule has 1 heterocycles. The zero-order chi connectivity index (χ0) is 19.4. The average molecular weight is 388 g/mol. The summed E-state index contributed by atoms with van der Waals surface area (Å²) in [6.45, 7) is 0.173. The van der Waals surface area contributed by atoms with Crippen molar-refractivity contribution < 1.29 is 22.7 Å². The van der Waals surface area contributed by atoms with Gasteiger partial charge < -0.3 is 10.1 Å². The van der Waals surface area contributed by atoms with Gasteiger partial charge in [0.1, 0.15) is 11.8 Å². The summed E-state index contributed by atoms with van der Waals surface area (Å²) in [7, 11) is -2.55. The van der Waals surface area contributed by atoms with E-state index in [0.717, 1.165) is 5.56 Å². The number of sulfonamides is 1. The first kappa shape index (κ1) is 18.9. The summed E-state index contributed by atoms with van der Waals surface area (Å²) in [5.74, 6) is -0.461. The smallest absolute Gasteiger partial charge is 0.267 e. The Labute approximate surface area is 158 Å². The fraction of sp³-hybridized carbons (Fsp3) is 0.263. The lowest BCUT2D eigenvalue weighted by Crippen LogP contribution is -2.47. The lowest BCUT2D eigenvalue weighted by atomic mass is 10.2. The molecule has 27 heavy (non-hydrogen) atoms. The monoisotopic (exact) mass is 388 g/mol. The van der Waals surface area contributed by atoms with Gasteiger partial charge in [-0.05, 0) is 24.6 Å². The number of benzene rings is 2. The van der Waals surface area contributed by atoms with Gasteiger partial charge in [0.25, 0.3) is 10.0 Å². The third-order valence-electron chi connectivity index (χ3n) is 4.41. The first-order valence-corrected chi connectivity index (χ1v) is 9.91. The van der Waals surface area contributed by atoms with Crippen molar-refractivity contribution in [2.45, 2.75) is 30.3 Å². The van der Waals surface area contributed by atoms with Crippen LogP contribution in [0.3, 0.4) is 0 Å². The number of hydrogen-bond acceptors (Lipinski definition) is 5. The van der Waals surface area contributed by atoms with Crippen molar-refractivity contribution in [2.75, 3.05) is 7.11 Å². The Morgan fingerprint density at radius 3 is 2.52 bits per heavy atom. The van der Waals surface area contributed by atoms with E-state index in [-0.39, 0.29) is 24.3 Å². The van der Waals surface area contributed by atoms with Crippen molar-refractivity contribution in [1.29, 1.82) is 0 Å². The minimum atomic E-state index is -4.08. The van der Waals surface area contributed by atoms with Crippen molar-refractivity contribution in [1.82, 2.24) is 9.62 Å². The quantitative estimate of drug-likeness (QED) is 0.813. The van der Waals surface area contributed by atoms with Crippen LogP contribution in [0.4, 0.5) is 0 Å². The summed E-state index contributed by atoms with van der Waals surface area (Å²) in [4.78, 5) is 24.9. The SMILES string of the molecule is COc1ccccc1CNC(=O)C1CCC(=O)N1S(=O)(=O)c1ccccc1. The molecule has 2 aromatic carbocycles. The minimum absolute atomic E-state index is 0.0113. The Hall–Kier alpha value is -2.87. The molecule has 1 N–H and O–H groups in total. The summed E-state index contributed by atoms with van der Waals surface area (Å²) in [5.41, 5.74) is 0.759. The summed E-state index contributed by atoms with van der Waals surface area (Å²) in [6.07, 6.45) is 0.168. The topological polar surface area (TPSA) is 92.8 Å². The van der Waals surface area contributed by atoms with Crippen molar-refractivity contribution in [2.24, 2.45) is 0 Å². The largest absolute Gasteiger partial charge is 0.496 e. The van der Waals surface area contributed by atoms with Crippen LogP contribution in [0.25, 0.3) is 0 Å². The second-order valence-corrected chi connectivity index (χ2v) is 7.91. The van der Waals surface area contributed by atoms with Gasteiger partial charge in [-0.2, -0.15) is 0 Å². The molecule has 2 amide bonds. The fourth-order valence-electron chi connectivity index (χ4n) is 3.06. The predicted octanol–water partition coefficient (Wildman–Crippen LogP) is 1.69. The van der Waals surface area contributed by atoms with Crippen LogP contribution in [0.15, 0.2) is 59.5 Å². The molecule has 0 bridgehead atoms. The molecular formula is C19H20N2O5S. The molecule has 3 rings (SSSR count). The van der Waals surface area contributed by atoms with E-state index in [4.69, 9.17) is 4.74 Å². The van der Waals surface area contributed by atoms with Crippen LogP contribution in [-0.4, -0.2) is 37.7 Å².